The molecule has 1 aromatic carbocycles. The molecule has 3 rings (SSSR count). The van der Waals surface area contributed by atoms with Crippen LogP contribution >= 0.6 is 0 Å². The zero-order chi connectivity index (χ0) is 14.7. The lowest BCUT2D eigenvalue weighted by Crippen LogP contribution is -1.96. The van der Waals surface area contributed by atoms with Gasteiger partial charge in [0, 0.05) is 29.7 Å². The highest BCUT2D eigenvalue weighted by Gasteiger charge is 2.11. The van der Waals surface area contributed by atoms with Gasteiger partial charge in [-0.2, -0.15) is 4.98 Å². The molecule has 2 heterocycles. The van der Waals surface area contributed by atoms with E-state index in [1.807, 2.05) is 25.1 Å². The summed E-state index contributed by atoms with van der Waals surface area (Å²) in [7, 11) is 0. The number of nitrogen functional groups attached to an aromatic ring is 1. The minimum Gasteiger partial charge on any atom is -0.484 e. The van der Waals surface area contributed by atoms with Crippen LogP contribution in [0.2, 0.25) is 0 Å². The van der Waals surface area contributed by atoms with Crippen LogP contribution in [0, 0.1) is 6.92 Å². The van der Waals surface area contributed by atoms with Crippen molar-refractivity contribution in [3.8, 4) is 17.1 Å². The number of aromatic nitrogens is 3. The lowest BCUT2D eigenvalue weighted by molar-refractivity contribution is 0.243. The average Bonchev–Trinajstić information content (AvgIpc) is 2.94. The Morgan fingerprint density at radius 3 is 3.00 bits per heavy atom. The first-order chi connectivity index (χ1) is 10.2. The second-order valence-electron chi connectivity index (χ2n) is 4.56. The van der Waals surface area contributed by atoms with Gasteiger partial charge >= 0.3 is 0 Å². The van der Waals surface area contributed by atoms with Crippen LogP contribution in [0.5, 0.6) is 5.75 Å². The van der Waals surface area contributed by atoms with Crippen LogP contribution in [0.15, 0.2) is 47.2 Å². The Bertz CT molecular complexity index is 755. The summed E-state index contributed by atoms with van der Waals surface area (Å²) in [4.78, 5) is 8.37. The monoisotopic (exact) mass is 282 g/mol. The third-order valence-electron chi connectivity index (χ3n) is 2.97. The molecule has 0 aliphatic rings. The lowest BCUT2D eigenvalue weighted by Gasteiger charge is -2.03. The maximum atomic E-state index is 5.69. The van der Waals surface area contributed by atoms with Gasteiger partial charge in [0.15, 0.2) is 6.61 Å². The van der Waals surface area contributed by atoms with E-state index < -0.39 is 0 Å². The molecule has 0 unspecified atom stereocenters. The third-order valence-corrected chi connectivity index (χ3v) is 2.97. The number of rotatable bonds is 4. The van der Waals surface area contributed by atoms with Crippen molar-refractivity contribution in [3.63, 3.8) is 0 Å². The molecule has 0 aliphatic heterocycles. The number of pyridine rings is 1. The first-order valence-corrected chi connectivity index (χ1v) is 6.44. The van der Waals surface area contributed by atoms with Gasteiger partial charge in [-0.3, -0.25) is 4.98 Å². The number of ether oxygens (including phenoxy) is 1. The molecular formula is C15H14N4O2. The van der Waals surface area contributed by atoms with Gasteiger partial charge in [-0.1, -0.05) is 11.2 Å². The minimum absolute atomic E-state index is 0.190. The van der Waals surface area contributed by atoms with Gasteiger partial charge in [-0.15, -0.1) is 0 Å². The number of anilines is 1. The molecule has 0 spiro atoms. The normalized spacial score (nSPS) is 10.5. The van der Waals surface area contributed by atoms with E-state index in [9.17, 15) is 0 Å². The molecule has 0 bridgehead atoms. The zero-order valence-corrected chi connectivity index (χ0v) is 11.5. The summed E-state index contributed by atoms with van der Waals surface area (Å²) < 4.78 is 10.7. The van der Waals surface area contributed by atoms with Gasteiger partial charge in [0.2, 0.25) is 5.82 Å². The molecule has 0 aliphatic carbocycles. The lowest BCUT2D eigenvalue weighted by atomic mass is 10.1. The Balaban J connectivity index is 1.72. The summed E-state index contributed by atoms with van der Waals surface area (Å²) in [5.74, 6) is 1.56. The molecule has 0 saturated carbocycles. The molecule has 6 nitrogen and oxygen atoms in total. The fraction of sp³-hybridized carbons (Fsp3) is 0.133. The van der Waals surface area contributed by atoms with Crippen molar-refractivity contribution in [1.82, 2.24) is 15.1 Å². The minimum atomic E-state index is 0.190. The quantitative estimate of drug-likeness (QED) is 0.740. The molecule has 0 saturated heterocycles. The highest BCUT2D eigenvalue weighted by Crippen LogP contribution is 2.20. The van der Waals surface area contributed by atoms with Gasteiger partial charge < -0.3 is 15.0 Å². The van der Waals surface area contributed by atoms with Gasteiger partial charge in [-0.05, 0) is 30.7 Å². The Hall–Kier alpha value is -2.89. The van der Waals surface area contributed by atoms with Crippen molar-refractivity contribution >= 4 is 5.69 Å². The smallest absolute Gasteiger partial charge is 0.264 e. The van der Waals surface area contributed by atoms with Gasteiger partial charge in [0.05, 0.1) is 0 Å². The topological polar surface area (TPSA) is 87.1 Å². The van der Waals surface area contributed by atoms with E-state index in [4.69, 9.17) is 15.0 Å². The standard InChI is InChI=1S/C15H14N4O2/c1-10-5-6-17-8-13(10)15-18-14(21-19-15)9-20-12-4-2-3-11(16)7-12/h2-8H,9,16H2,1H3. The highest BCUT2D eigenvalue weighted by atomic mass is 16.5. The summed E-state index contributed by atoms with van der Waals surface area (Å²) in [6, 6.07) is 9.07. The van der Waals surface area contributed by atoms with Crippen molar-refractivity contribution in [3.05, 3.63) is 54.2 Å². The highest BCUT2D eigenvalue weighted by molar-refractivity contribution is 5.57. The number of benzene rings is 1. The van der Waals surface area contributed by atoms with Gasteiger partial charge in [0.25, 0.3) is 5.89 Å². The molecule has 106 valence electrons. The second-order valence-corrected chi connectivity index (χ2v) is 4.56. The molecule has 6 heteroatoms. The molecule has 0 radical (unpaired) electrons. The van der Waals surface area contributed by atoms with E-state index in [0.717, 1.165) is 11.1 Å². The molecule has 2 N–H and O–H groups in total. The predicted molar refractivity (Wildman–Crippen MR) is 77.5 cm³/mol. The van der Waals surface area contributed by atoms with E-state index in [1.165, 1.54) is 0 Å². The maximum absolute atomic E-state index is 5.69. The fourth-order valence-corrected chi connectivity index (χ4v) is 1.87. The van der Waals surface area contributed by atoms with Crippen LogP contribution in [-0.2, 0) is 6.61 Å². The Kier molecular flexibility index (Phi) is 3.51. The first-order valence-electron chi connectivity index (χ1n) is 6.44. The van der Waals surface area contributed by atoms with Crippen LogP contribution in [-0.4, -0.2) is 15.1 Å². The van der Waals surface area contributed by atoms with E-state index >= 15 is 0 Å². The number of hydrogen-bond donors (Lipinski definition) is 1. The number of aryl methyl sites for hydroxylation is 1. The summed E-state index contributed by atoms with van der Waals surface area (Å²) in [6.45, 7) is 2.16. The third kappa shape index (κ3) is 3.00. The molecule has 21 heavy (non-hydrogen) atoms. The van der Waals surface area contributed by atoms with Crippen molar-refractivity contribution in [1.29, 1.82) is 0 Å². The number of nitrogens with two attached hydrogens (primary N) is 1. The predicted octanol–water partition coefficient (Wildman–Crippen LogP) is 2.60. The van der Waals surface area contributed by atoms with Crippen molar-refractivity contribution in [2.45, 2.75) is 13.5 Å². The molecule has 2 aromatic heterocycles. The number of nitrogens with zero attached hydrogens (tertiary/aromatic N) is 3. The molecule has 3 aromatic rings. The maximum Gasteiger partial charge on any atom is 0.264 e. The van der Waals surface area contributed by atoms with Crippen LogP contribution in [0.4, 0.5) is 5.69 Å². The van der Waals surface area contributed by atoms with Crippen molar-refractivity contribution in [2.24, 2.45) is 0 Å². The number of hydrogen-bond acceptors (Lipinski definition) is 6. The largest absolute Gasteiger partial charge is 0.484 e. The van der Waals surface area contributed by atoms with Crippen LogP contribution < -0.4 is 10.5 Å². The van der Waals surface area contributed by atoms with Gasteiger partial charge in [-0.25, -0.2) is 0 Å². The van der Waals surface area contributed by atoms with Crippen LogP contribution in [0.1, 0.15) is 11.5 Å². The fourth-order valence-electron chi connectivity index (χ4n) is 1.87. The van der Waals surface area contributed by atoms with E-state index in [1.54, 1.807) is 24.5 Å². The Morgan fingerprint density at radius 1 is 1.29 bits per heavy atom. The molecule has 0 atom stereocenters. The zero-order valence-electron chi connectivity index (χ0n) is 11.5. The van der Waals surface area contributed by atoms with Crippen LogP contribution in [0.3, 0.4) is 0 Å². The molecule has 0 fully saturated rings. The Labute approximate surface area is 121 Å². The summed E-state index contributed by atoms with van der Waals surface area (Å²) in [6.07, 6.45) is 3.44. The second kappa shape index (κ2) is 5.62. The molecular weight excluding hydrogens is 268 g/mol. The SMILES string of the molecule is Cc1ccncc1-c1noc(COc2cccc(N)c2)n1. The van der Waals surface area contributed by atoms with E-state index in [2.05, 4.69) is 15.1 Å². The van der Waals surface area contributed by atoms with Crippen molar-refractivity contribution < 1.29 is 9.26 Å². The summed E-state index contributed by atoms with van der Waals surface area (Å²) in [5, 5.41) is 3.95. The van der Waals surface area contributed by atoms with E-state index in [-0.39, 0.29) is 6.61 Å². The average molecular weight is 282 g/mol. The first kappa shape index (κ1) is 13.1. The van der Waals surface area contributed by atoms with E-state index in [0.29, 0.717) is 23.2 Å². The van der Waals surface area contributed by atoms with Gasteiger partial charge in [0.1, 0.15) is 5.75 Å². The summed E-state index contributed by atoms with van der Waals surface area (Å²) in [5.41, 5.74) is 8.21. The van der Waals surface area contributed by atoms with Crippen molar-refractivity contribution in [2.75, 3.05) is 5.73 Å². The molecule has 0 amide bonds. The summed E-state index contributed by atoms with van der Waals surface area (Å²) >= 11 is 0. The van der Waals surface area contributed by atoms with Crippen LogP contribution in [0.25, 0.3) is 11.4 Å². The Morgan fingerprint density at radius 2 is 2.19 bits per heavy atom.